The number of aromatic nitrogens is 8. The van der Waals surface area contributed by atoms with E-state index in [0.717, 1.165) is 47.9 Å². The summed E-state index contributed by atoms with van der Waals surface area (Å²) in [4.78, 5) is 8.89. The fourth-order valence-electron chi connectivity index (χ4n) is 12.7. The third kappa shape index (κ3) is 19.5. The molecule has 0 unspecified atom stereocenters. The fourth-order valence-corrected chi connectivity index (χ4v) is 21.1. The molecule has 114 heavy (non-hydrogen) atoms. The van der Waals surface area contributed by atoms with E-state index in [1.165, 1.54) is 39.8 Å². The minimum atomic E-state index is -3.95. The zero-order chi connectivity index (χ0) is 81.1. The quantitative estimate of drug-likeness (QED) is 0.0612. The maximum atomic E-state index is 13.9. The van der Waals surface area contributed by atoms with Gasteiger partial charge in [-0.2, -0.15) is 10.2 Å². The van der Waals surface area contributed by atoms with E-state index >= 15 is 0 Å². The smallest absolute Gasteiger partial charge is 0.0134 e. The normalized spacial score (nSPS) is 12.9. The maximum absolute atomic E-state index is 13.9. The van der Waals surface area contributed by atoms with Crippen molar-refractivity contribution in [2.45, 2.75) is 83.3 Å². The molecule has 1 fully saturated rings. The van der Waals surface area contributed by atoms with Gasteiger partial charge in [-0.1, -0.05) is 241 Å². The van der Waals surface area contributed by atoms with Crippen LogP contribution in [0.3, 0.4) is 0 Å². The minimum absolute atomic E-state index is 0.106. The van der Waals surface area contributed by atoms with Crippen LogP contribution in [0.1, 0.15) is 55.5 Å². The van der Waals surface area contributed by atoms with Crippen LogP contribution in [0.25, 0.3) is 44.5 Å². The van der Waals surface area contributed by atoms with Crippen LogP contribution in [-0.2, 0) is 45.3 Å². The van der Waals surface area contributed by atoms with E-state index in [1.54, 1.807) is 89.2 Å². The molecule has 17 rings (SSSR count). The molecule has 0 spiro atoms. The van der Waals surface area contributed by atoms with Crippen LogP contribution in [0.5, 0.6) is 5.75 Å². The number of aryl methyl sites for hydroxylation is 5. The number of hydrogen-bond donors (Lipinski definition) is 0. The van der Waals surface area contributed by atoms with Crippen LogP contribution in [0, 0.1) is 38.3 Å². The van der Waals surface area contributed by atoms with Crippen molar-refractivity contribution in [3.05, 3.63) is 345 Å². The van der Waals surface area contributed by atoms with E-state index < -0.39 is 54.2 Å². The fraction of sp³-hybridized carbons (Fsp3) is 0.136. The average Bonchev–Trinajstić information content (AvgIpc) is 1.58. The van der Waals surface area contributed by atoms with Crippen LogP contribution in [0.15, 0.2) is 313 Å². The number of benzene rings is 10. The van der Waals surface area contributed by atoms with Gasteiger partial charge in [-0.3, -0.25) is 0 Å². The molecule has 0 atom stereocenters. The molecule has 0 aliphatic carbocycles. The Bertz CT molecular complexity index is 5890. The van der Waals surface area contributed by atoms with Crippen LogP contribution >= 0.6 is 80.7 Å². The Morgan fingerprint density at radius 1 is 0.430 bits per heavy atom. The third-order valence-corrected chi connectivity index (χ3v) is 28.8. The second-order valence-electron chi connectivity index (χ2n) is 27.5. The van der Waals surface area contributed by atoms with E-state index in [4.69, 9.17) is 56.3 Å². The van der Waals surface area contributed by atoms with Crippen molar-refractivity contribution in [3.8, 4) is 17.1 Å². The number of fused-ring (bicyclic) bond motifs is 4. The molecule has 1 aliphatic rings. The van der Waals surface area contributed by atoms with Crippen LogP contribution in [0.4, 0.5) is 0 Å². The summed E-state index contributed by atoms with van der Waals surface area (Å²) < 4.78 is 80.1. The molecule has 1 saturated heterocycles. The van der Waals surface area contributed by atoms with Gasteiger partial charge in [0.15, 0.2) is 11.3 Å². The van der Waals surface area contributed by atoms with Gasteiger partial charge in [-0.15, -0.1) is 0 Å². The molecule has 584 valence electrons. The predicted octanol–water partition coefficient (Wildman–Crippen LogP) is 19.2. The number of nitrogens with zero attached hydrogens (tertiary/aromatic N) is 8. The maximum Gasteiger partial charge on any atom is -0.0134 e. The first kappa shape index (κ1) is 85.0. The Morgan fingerprint density at radius 3 is 1.19 bits per heavy atom. The van der Waals surface area contributed by atoms with Crippen LogP contribution in [0.2, 0.25) is 10.3 Å². The van der Waals surface area contributed by atoms with Gasteiger partial charge in [0.1, 0.15) is 25.5 Å². The molecule has 0 saturated carbocycles. The number of rotatable bonds is 13. The monoisotopic (exact) mass is 1870 g/mol. The summed E-state index contributed by atoms with van der Waals surface area (Å²) >= 11 is 13.8. The molecule has 26 heteroatoms. The second kappa shape index (κ2) is 37.7. The van der Waals surface area contributed by atoms with Crippen LogP contribution < -0.4 is 42.2 Å². The Labute approximate surface area is 708 Å². The summed E-state index contributed by atoms with van der Waals surface area (Å²) in [5.41, 5.74) is 7.78. The number of imidazole rings is 2. The van der Waals surface area contributed by atoms with Crippen LogP contribution in [-0.4, -0.2) is 79.4 Å². The Hall–Kier alpha value is -8.38. The van der Waals surface area contributed by atoms with Gasteiger partial charge in [-0.05, 0) is 228 Å². The standard InChI is InChI=1S/C23H28BNO4S.C23H19ClN4O3S.2C18H15P.C6H3ClIN3.2ClH.Pd/c1-15-8-10-19(11-9-15)30(26,27)25-20-13-17(3)16(2)12-18(20)14-21(25)24-28-22(4,5)23(6,7)29-24;1-14-4-6-17(7-5-14)32(29,30)28-18-12-21(31-3)15(2)10-16(18)11-19(28)20-13-25-23-9-8-22(24)26-27(20)23;2*1-4-10-16(11-5-1)19(17-12-6-2-7-13-17)18-14-8-3-9-15-18;7-4-1-2-6-9-3-5(8)11(6)10-4;;;/h8-14H,1-7H3;4-13H,1-3H3;2*1-15H;1-3H;2*1H;/q;;;;;;;+2/p-2. The second-order valence-corrected chi connectivity index (χ2v) is 39.8. The molecule has 16 aromatic rings. The molecular weight excluding hydrogens is 1790 g/mol. The van der Waals surface area contributed by atoms with Gasteiger partial charge in [0.25, 0.3) is 20.0 Å². The first-order valence-corrected chi connectivity index (χ1v) is 47.3. The Balaban J connectivity index is 0.000000135. The van der Waals surface area contributed by atoms with Crippen molar-refractivity contribution in [3.63, 3.8) is 0 Å². The van der Waals surface area contributed by atoms with E-state index in [0.29, 0.717) is 44.6 Å². The average molecular weight is 1870 g/mol. The SMILES string of the molecule is COc1cc2c(cc1C)cc(-c1cnc3ccc(Cl)nn13)n2S(=O)(=O)c1ccc(C)cc1.Cc1ccc(S(=O)(=O)n2c(B3OC(C)(C)C(C)(C)O3)cc3cc(C)c(C)cc32)cc1.Clc1ccc2ncc(I)n2n1.[Cl][Pd][Cl].c1ccc(P(c2ccccc2)c2ccccc2)cc1.c1ccc(P(c2ccccc2)c2ccccc2)cc1. The van der Waals surface area contributed by atoms with Crippen molar-refractivity contribution in [1.82, 2.24) is 37.1 Å². The topological polar surface area (TPSA) is 166 Å². The van der Waals surface area contributed by atoms with Crippen molar-refractivity contribution >= 4 is 178 Å². The molecule has 1 aliphatic heterocycles. The molecular formula is C88H80BCl4IN8O7P2PdS2. The van der Waals surface area contributed by atoms with Gasteiger partial charge >= 0.3 is 42.1 Å². The van der Waals surface area contributed by atoms with Crippen molar-refractivity contribution in [1.29, 1.82) is 0 Å². The summed E-state index contributed by atoms with van der Waals surface area (Å²) in [7, 11) is 1.70. The van der Waals surface area contributed by atoms with E-state index in [1.807, 2.05) is 111 Å². The van der Waals surface area contributed by atoms with Gasteiger partial charge in [-0.25, -0.2) is 43.8 Å². The van der Waals surface area contributed by atoms with E-state index in [9.17, 15) is 16.8 Å². The summed E-state index contributed by atoms with van der Waals surface area (Å²) in [6.07, 6.45) is 3.34. The summed E-state index contributed by atoms with van der Waals surface area (Å²) in [5.74, 6) is 0.599. The minimum Gasteiger partial charge on any atom is -0.0622 e. The van der Waals surface area contributed by atoms with Crippen molar-refractivity contribution < 1.29 is 46.8 Å². The molecule has 10 aromatic carbocycles. The predicted molar refractivity (Wildman–Crippen MR) is 478 cm³/mol. The molecule has 0 amide bonds. The first-order valence-electron chi connectivity index (χ1n) is 35.9. The first-order chi connectivity index (χ1) is 54.7. The number of methoxy groups -OCH3 is 1. The van der Waals surface area contributed by atoms with Gasteiger partial charge < -0.3 is 14.0 Å². The van der Waals surface area contributed by atoms with E-state index in [-0.39, 0.29) is 30.9 Å². The number of hydrogen-bond acceptors (Lipinski definition) is 11. The largest absolute Gasteiger partial charge is 0.0622 e. The summed E-state index contributed by atoms with van der Waals surface area (Å²) in [6, 6.07) is 96.5. The number of ether oxygens (including phenoxy) is 1. The third-order valence-electron chi connectivity index (χ3n) is 19.3. The summed E-state index contributed by atoms with van der Waals surface area (Å²) in [5, 5.41) is 19.1. The van der Waals surface area contributed by atoms with E-state index in [2.05, 4.69) is 225 Å². The van der Waals surface area contributed by atoms with Crippen molar-refractivity contribution in [2.24, 2.45) is 0 Å². The zero-order valence-corrected chi connectivity index (χ0v) is 74.0. The van der Waals surface area contributed by atoms with Gasteiger partial charge in [0.05, 0.1) is 62.8 Å². The van der Waals surface area contributed by atoms with Gasteiger partial charge in [0, 0.05) is 16.8 Å². The molecule has 7 heterocycles. The molecule has 0 radical (unpaired) electrons. The zero-order valence-electron chi connectivity index (χ0n) is 63.8. The van der Waals surface area contributed by atoms with Gasteiger partial charge in [0.2, 0.25) is 0 Å². The molecule has 15 nitrogen and oxygen atoms in total. The summed E-state index contributed by atoms with van der Waals surface area (Å²) in [6.45, 7) is 17.6. The Kier molecular flexibility index (Phi) is 28.1. The molecule has 6 aromatic heterocycles. The number of halogens is 5. The molecule has 0 bridgehead atoms. The molecule has 0 N–H and O–H groups in total. The Morgan fingerprint density at radius 2 is 0.781 bits per heavy atom. The van der Waals surface area contributed by atoms with Crippen molar-refractivity contribution in [2.75, 3.05) is 7.11 Å².